The lowest BCUT2D eigenvalue weighted by molar-refractivity contribution is 0.191. The summed E-state index contributed by atoms with van der Waals surface area (Å²) in [6.07, 6.45) is 1.24. The van der Waals surface area contributed by atoms with Gasteiger partial charge < -0.3 is 9.84 Å². The van der Waals surface area contributed by atoms with Gasteiger partial charge in [-0.15, -0.1) is 11.3 Å². The molecule has 20 heavy (non-hydrogen) atoms. The van der Waals surface area contributed by atoms with Crippen LogP contribution in [0.3, 0.4) is 0 Å². The Morgan fingerprint density at radius 1 is 1.25 bits per heavy atom. The second kappa shape index (κ2) is 5.61. The molecule has 3 aromatic rings. The SMILES string of the molecule is C[C@H](O)c1ccc2ccccc2c1OCc1cncs1. The number of ether oxygens (including phenoxy) is 1. The highest BCUT2D eigenvalue weighted by Crippen LogP contribution is 2.34. The molecule has 3 rings (SSSR count). The van der Waals surface area contributed by atoms with E-state index in [9.17, 15) is 5.11 Å². The van der Waals surface area contributed by atoms with Gasteiger partial charge in [0.1, 0.15) is 12.4 Å². The van der Waals surface area contributed by atoms with Crippen molar-refractivity contribution in [2.75, 3.05) is 0 Å². The topological polar surface area (TPSA) is 42.4 Å². The van der Waals surface area contributed by atoms with Crippen molar-refractivity contribution in [2.45, 2.75) is 19.6 Å². The maximum atomic E-state index is 9.93. The Hall–Kier alpha value is -1.91. The maximum Gasteiger partial charge on any atom is 0.133 e. The Balaban J connectivity index is 2.03. The predicted molar refractivity (Wildman–Crippen MR) is 81.0 cm³/mol. The molecule has 1 heterocycles. The summed E-state index contributed by atoms with van der Waals surface area (Å²) in [6.45, 7) is 2.22. The molecular weight excluding hydrogens is 270 g/mol. The third-order valence-corrected chi connectivity index (χ3v) is 3.96. The Bertz CT molecular complexity index is 708. The van der Waals surface area contributed by atoms with Crippen LogP contribution in [0.2, 0.25) is 0 Å². The number of thiazole rings is 1. The summed E-state index contributed by atoms with van der Waals surface area (Å²) < 4.78 is 5.97. The molecule has 1 N–H and O–H groups in total. The number of benzene rings is 2. The van der Waals surface area contributed by atoms with Crippen molar-refractivity contribution in [1.29, 1.82) is 0 Å². The van der Waals surface area contributed by atoms with Crippen molar-refractivity contribution in [3.63, 3.8) is 0 Å². The van der Waals surface area contributed by atoms with E-state index in [-0.39, 0.29) is 0 Å². The summed E-state index contributed by atoms with van der Waals surface area (Å²) in [4.78, 5) is 5.11. The molecule has 0 unspecified atom stereocenters. The van der Waals surface area contributed by atoms with Gasteiger partial charge >= 0.3 is 0 Å². The van der Waals surface area contributed by atoms with Gasteiger partial charge in [0.05, 0.1) is 16.5 Å². The summed E-state index contributed by atoms with van der Waals surface area (Å²) in [6, 6.07) is 12.0. The van der Waals surface area contributed by atoms with E-state index < -0.39 is 6.10 Å². The third kappa shape index (κ3) is 2.53. The Kier molecular flexibility index (Phi) is 3.67. The number of aliphatic hydroxyl groups excluding tert-OH is 1. The van der Waals surface area contributed by atoms with Gasteiger partial charge in [-0.1, -0.05) is 36.4 Å². The highest BCUT2D eigenvalue weighted by molar-refractivity contribution is 7.09. The van der Waals surface area contributed by atoms with Gasteiger partial charge in [-0.25, -0.2) is 0 Å². The Labute approximate surface area is 121 Å². The average molecular weight is 285 g/mol. The standard InChI is InChI=1S/C16H15NO2S/c1-11(18)14-7-6-12-4-2-3-5-15(12)16(14)19-9-13-8-17-10-20-13/h2-8,10-11,18H,9H2,1H3/t11-/m0/s1. The number of fused-ring (bicyclic) bond motifs is 1. The monoisotopic (exact) mass is 285 g/mol. The number of aromatic nitrogens is 1. The van der Waals surface area contributed by atoms with Crippen LogP contribution in [0.4, 0.5) is 0 Å². The lowest BCUT2D eigenvalue weighted by Gasteiger charge is -2.15. The summed E-state index contributed by atoms with van der Waals surface area (Å²) >= 11 is 1.56. The molecule has 0 spiro atoms. The van der Waals surface area contributed by atoms with Gasteiger partial charge in [0.2, 0.25) is 0 Å². The number of hydrogen-bond donors (Lipinski definition) is 1. The van der Waals surface area contributed by atoms with Crippen molar-refractivity contribution >= 4 is 22.1 Å². The summed E-state index contributed by atoms with van der Waals surface area (Å²) in [7, 11) is 0. The summed E-state index contributed by atoms with van der Waals surface area (Å²) in [5, 5.41) is 12.1. The fourth-order valence-corrected chi connectivity index (χ4v) is 2.71. The first kappa shape index (κ1) is 13.1. The maximum absolute atomic E-state index is 9.93. The third-order valence-electron chi connectivity index (χ3n) is 3.20. The van der Waals surface area contributed by atoms with E-state index in [1.807, 2.05) is 36.4 Å². The highest BCUT2D eigenvalue weighted by Gasteiger charge is 2.13. The first-order chi connectivity index (χ1) is 9.75. The van der Waals surface area contributed by atoms with Crippen LogP contribution in [-0.2, 0) is 6.61 Å². The minimum atomic E-state index is -0.559. The predicted octanol–water partition coefficient (Wildman–Crippen LogP) is 3.93. The highest BCUT2D eigenvalue weighted by atomic mass is 32.1. The molecule has 0 saturated heterocycles. The van der Waals surface area contributed by atoms with E-state index in [2.05, 4.69) is 4.98 Å². The fraction of sp³-hybridized carbons (Fsp3) is 0.188. The van der Waals surface area contributed by atoms with Crippen LogP contribution in [0.15, 0.2) is 48.1 Å². The zero-order chi connectivity index (χ0) is 13.9. The van der Waals surface area contributed by atoms with Gasteiger partial charge in [-0.05, 0) is 12.3 Å². The second-order valence-electron chi connectivity index (χ2n) is 4.64. The van der Waals surface area contributed by atoms with Gasteiger partial charge in [0.25, 0.3) is 0 Å². The molecule has 3 nitrogen and oxygen atoms in total. The molecule has 1 atom stereocenters. The summed E-state index contributed by atoms with van der Waals surface area (Å²) in [5.41, 5.74) is 2.60. The molecule has 0 aliphatic carbocycles. The largest absolute Gasteiger partial charge is 0.487 e. The quantitative estimate of drug-likeness (QED) is 0.789. The second-order valence-corrected chi connectivity index (χ2v) is 5.61. The van der Waals surface area contributed by atoms with Crippen LogP contribution >= 0.6 is 11.3 Å². The van der Waals surface area contributed by atoms with E-state index in [1.54, 1.807) is 30.0 Å². The number of rotatable bonds is 4. The molecule has 0 amide bonds. The molecule has 0 aliphatic heterocycles. The first-order valence-corrected chi connectivity index (χ1v) is 7.33. The van der Waals surface area contributed by atoms with E-state index in [1.165, 1.54) is 0 Å². The van der Waals surface area contributed by atoms with Crippen molar-refractivity contribution in [3.8, 4) is 5.75 Å². The van der Waals surface area contributed by atoms with Gasteiger partial charge in [-0.2, -0.15) is 0 Å². The van der Waals surface area contributed by atoms with Gasteiger partial charge in [0.15, 0.2) is 0 Å². The average Bonchev–Trinajstić information content (AvgIpc) is 2.97. The molecule has 0 aliphatic rings. The summed E-state index contributed by atoms with van der Waals surface area (Å²) in [5.74, 6) is 0.756. The number of nitrogens with zero attached hydrogens (tertiary/aromatic N) is 1. The van der Waals surface area contributed by atoms with Crippen LogP contribution in [0.5, 0.6) is 5.75 Å². The number of hydrogen-bond acceptors (Lipinski definition) is 4. The van der Waals surface area contributed by atoms with E-state index >= 15 is 0 Å². The Morgan fingerprint density at radius 2 is 2.10 bits per heavy atom. The minimum absolute atomic E-state index is 0.471. The first-order valence-electron chi connectivity index (χ1n) is 6.45. The molecule has 0 bridgehead atoms. The van der Waals surface area contributed by atoms with Crippen LogP contribution in [-0.4, -0.2) is 10.1 Å². The smallest absolute Gasteiger partial charge is 0.133 e. The van der Waals surface area contributed by atoms with Crippen molar-refractivity contribution in [1.82, 2.24) is 4.98 Å². The van der Waals surface area contributed by atoms with Crippen LogP contribution < -0.4 is 4.74 Å². The van der Waals surface area contributed by atoms with Crippen molar-refractivity contribution in [3.05, 3.63) is 58.5 Å². The lowest BCUT2D eigenvalue weighted by atomic mass is 10.0. The van der Waals surface area contributed by atoms with Crippen LogP contribution in [0, 0.1) is 0 Å². The molecular formula is C16H15NO2S. The normalized spacial score (nSPS) is 12.5. The molecule has 102 valence electrons. The number of aliphatic hydroxyl groups is 1. The lowest BCUT2D eigenvalue weighted by Crippen LogP contribution is -2.01. The Morgan fingerprint density at radius 3 is 2.85 bits per heavy atom. The van der Waals surface area contributed by atoms with Crippen molar-refractivity contribution < 1.29 is 9.84 Å². The molecule has 0 fully saturated rings. The van der Waals surface area contributed by atoms with Gasteiger partial charge in [0, 0.05) is 17.1 Å². The molecule has 1 aromatic heterocycles. The van der Waals surface area contributed by atoms with E-state index in [0.29, 0.717) is 6.61 Å². The molecule has 0 saturated carbocycles. The van der Waals surface area contributed by atoms with E-state index in [0.717, 1.165) is 27.0 Å². The fourth-order valence-electron chi connectivity index (χ4n) is 2.21. The van der Waals surface area contributed by atoms with Crippen LogP contribution in [0.25, 0.3) is 10.8 Å². The molecule has 4 heteroatoms. The molecule has 2 aromatic carbocycles. The zero-order valence-corrected chi connectivity index (χ0v) is 11.9. The van der Waals surface area contributed by atoms with Gasteiger partial charge in [-0.3, -0.25) is 4.98 Å². The molecule has 0 radical (unpaired) electrons. The van der Waals surface area contributed by atoms with Crippen LogP contribution in [0.1, 0.15) is 23.5 Å². The van der Waals surface area contributed by atoms with E-state index in [4.69, 9.17) is 4.74 Å². The zero-order valence-electron chi connectivity index (χ0n) is 11.1. The van der Waals surface area contributed by atoms with Crippen molar-refractivity contribution in [2.24, 2.45) is 0 Å². The minimum Gasteiger partial charge on any atom is -0.487 e.